The second-order valence-electron chi connectivity index (χ2n) is 3.74. The van der Waals surface area contributed by atoms with Crippen molar-refractivity contribution in [3.63, 3.8) is 0 Å². The minimum atomic E-state index is -0.959. The van der Waals surface area contributed by atoms with Crippen molar-refractivity contribution in [3.8, 4) is 6.07 Å². The fourth-order valence-electron chi connectivity index (χ4n) is 1.72. The number of aromatic nitrogens is 1. The third-order valence-electron chi connectivity index (χ3n) is 2.63. The monoisotopic (exact) mass is 275 g/mol. The van der Waals surface area contributed by atoms with Gasteiger partial charge in [-0.1, -0.05) is 0 Å². The van der Waals surface area contributed by atoms with Gasteiger partial charge in [0.1, 0.15) is 6.07 Å². The number of nitrogens with zero attached hydrogens (tertiary/aromatic N) is 4. The van der Waals surface area contributed by atoms with Gasteiger partial charge in [-0.25, -0.2) is 0 Å². The van der Waals surface area contributed by atoms with E-state index >= 15 is 0 Å². The molecule has 0 saturated heterocycles. The van der Waals surface area contributed by atoms with Crippen LogP contribution in [0.1, 0.15) is 5.56 Å². The molecule has 0 saturated carbocycles. The molecule has 0 unspecified atom stereocenters. The van der Waals surface area contributed by atoms with Gasteiger partial charge in [-0.3, -0.25) is 25.6 Å². The van der Waals surface area contributed by atoms with Gasteiger partial charge in [-0.2, -0.15) is 9.99 Å². The Morgan fingerprint density at radius 2 is 1.75 bits per heavy atom. The van der Waals surface area contributed by atoms with Gasteiger partial charge in [-0.05, 0) is 6.07 Å². The van der Waals surface area contributed by atoms with Crippen molar-refractivity contribution in [2.45, 2.75) is 0 Å². The number of hydrogen-bond donors (Lipinski definition) is 2. The van der Waals surface area contributed by atoms with Crippen molar-refractivity contribution in [3.05, 3.63) is 49.5 Å². The fraction of sp³-hybridized carbons (Fsp3) is 0. The Morgan fingerprint density at radius 1 is 1.20 bits per heavy atom. The first-order chi connectivity index (χ1) is 9.36. The molecule has 0 aliphatic carbocycles. The first-order valence-electron chi connectivity index (χ1n) is 5.03. The van der Waals surface area contributed by atoms with Gasteiger partial charge in [0.15, 0.2) is 5.49 Å². The molecule has 0 amide bonds. The molecule has 2 rings (SSSR count). The van der Waals surface area contributed by atoms with Crippen molar-refractivity contribution < 1.29 is 15.1 Å². The van der Waals surface area contributed by atoms with Gasteiger partial charge in [0.05, 0.1) is 27.0 Å². The molecule has 10 heteroatoms. The van der Waals surface area contributed by atoms with Gasteiger partial charge >= 0.3 is 11.4 Å². The van der Waals surface area contributed by atoms with Gasteiger partial charge in [-0.15, -0.1) is 0 Å². The number of nitro benzene ring substituents is 2. The zero-order chi connectivity index (χ0) is 15.0. The Labute approximate surface area is 109 Å². The van der Waals surface area contributed by atoms with E-state index in [0.717, 1.165) is 18.2 Å². The maximum Gasteiger partial charge on any atom is 0.348 e. The van der Waals surface area contributed by atoms with Crippen LogP contribution >= 0.6 is 0 Å². The predicted octanol–water partition coefficient (Wildman–Crippen LogP) is 1.05. The minimum Gasteiger partial charge on any atom is -0.426 e. The highest BCUT2D eigenvalue weighted by molar-refractivity contribution is 5.86. The van der Waals surface area contributed by atoms with E-state index in [0.29, 0.717) is 0 Å². The normalized spacial score (nSPS) is 10.2. The maximum absolute atomic E-state index is 10.8. The molecule has 0 bridgehead atoms. The van der Waals surface area contributed by atoms with Crippen LogP contribution in [0, 0.1) is 37.0 Å². The number of nitriles is 1. The topological polar surface area (TPSA) is 159 Å². The van der Waals surface area contributed by atoms with Crippen LogP contribution in [0.3, 0.4) is 0 Å². The zero-order valence-corrected chi connectivity index (χ0v) is 9.60. The first kappa shape index (κ1) is 13.0. The Kier molecular flexibility index (Phi) is 2.80. The fourth-order valence-corrected chi connectivity index (χ4v) is 1.72. The summed E-state index contributed by atoms with van der Waals surface area (Å²) in [5.74, 6) is 0. The quantitative estimate of drug-likeness (QED) is 0.473. The van der Waals surface area contributed by atoms with E-state index in [1.807, 2.05) is 0 Å². The van der Waals surface area contributed by atoms with Gasteiger partial charge < -0.3 is 5.21 Å². The molecule has 20 heavy (non-hydrogen) atoms. The van der Waals surface area contributed by atoms with Crippen molar-refractivity contribution in [1.82, 2.24) is 4.73 Å². The summed E-state index contributed by atoms with van der Waals surface area (Å²) in [6, 6.07) is 4.44. The van der Waals surface area contributed by atoms with Crippen molar-refractivity contribution in [2.75, 3.05) is 0 Å². The van der Waals surface area contributed by atoms with E-state index in [9.17, 15) is 25.4 Å². The van der Waals surface area contributed by atoms with Crippen LogP contribution in [0.2, 0.25) is 0 Å². The first-order valence-corrected chi connectivity index (χ1v) is 5.03. The lowest BCUT2D eigenvalue weighted by atomic mass is 10.1. The Balaban J connectivity index is 3.00. The average molecular weight is 275 g/mol. The molecule has 100 valence electrons. The molecule has 2 aromatic rings. The molecule has 1 aromatic heterocycles. The summed E-state index contributed by atoms with van der Waals surface area (Å²) in [5, 5.41) is 47.6. The Morgan fingerprint density at radius 3 is 2.25 bits per heavy atom. The van der Waals surface area contributed by atoms with Crippen LogP contribution in [0.5, 0.6) is 0 Å². The molecule has 1 heterocycles. The highest BCUT2D eigenvalue weighted by atomic mass is 16.6. The van der Waals surface area contributed by atoms with E-state index < -0.39 is 26.7 Å². The minimum absolute atomic E-state index is 0.0392. The average Bonchev–Trinajstić information content (AvgIpc) is 2.41. The molecule has 1 aromatic carbocycles. The number of nitrogens with one attached hydrogen (secondary N) is 1. The summed E-state index contributed by atoms with van der Waals surface area (Å²) < 4.78 is 0.268. The number of nitro groups is 2. The number of benzene rings is 1. The lowest BCUT2D eigenvalue weighted by molar-refractivity contribution is -0.422. The van der Waals surface area contributed by atoms with Crippen LogP contribution in [-0.2, 0) is 0 Å². The molecule has 0 aliphatic rings. The van der Waals surface area contributed by atoms with Crippen molar-refractivity contribution >= 4 is 22.3 Å². The van der Waals surface area contributed by atoms with Crippen LogP contribution in [0.25, 0.3) is 10.9 Å². The van der Waals surface area contributed by atoms with E-state index in [2.05, 4.69) is 0 Å². The van der Waals surface area contributed by atoms with Gasteiger partial charge in [0, 0.05) is 11.5 Å². The third-order valence-corrected chi connectivity index (χ3v) is 2.63. The highest BCUT2D eigenvalue weighted by Gasteiger charge is 2.26. The summed E-state index contributed by atoms with van der Waals surface area (Å²) in [7, 11) is 0. The molecule has 2 N–H and O–H groups in total. The second kappa shape index (κ2) is 4.32. The predicted molar refractivity (Wildman–Crippen MR) is 63.0 cm³/mol. The van der Waals surface area contributed by atoms with Crippen LogP contribution < -0.4 is 5.49 Å². The zero-order valence-electron chi connectivity index (χ0n) is 9.60. The van der Waals surface area contributed by atoms with E-state index in [1.165, 1.54) is 0 Å². The molecule has 0 fully saturated rings. The highest BCUT2D eigenvalue weighted by Crippen LogP contribution is 2.31. The second-order valence-corrected chi connectivity index (χ2v) is 3.74. The summed E-state index contributed by atoms with van der Waals surface area (Å²) in [5.41, 5.74) is -2.53. The van der Waals surface area contributed by atoms with Crippen molar-refractivity contribution in [2.24, 2.45) is 0 Å². The third kappa shape index (κ3) is 1.79. The lowest BCUT2D eigenvalue weighted by Gasteiger charge is -2.05. The summed E-state index contributed by atoms with van der Waals surface area (Å²) >= 11 is 0. The smallest absolute Gasteiger partial charge is 0.348 e. The summed E-state index contributed by atoms with van der Waals surface area (Å²) in [6.07, 6.45) is 0. The molecular weight excluding hydrogens is 270 g/mol. The Hall–Kier alpha value is -3.48. The largest absolute Gasteiger partial charge is 0.426 e. The molecule has 10 nitrogen and oxygen atoms in total. The number of pyridine rings is 1. The number of rotatable bonds is 2. The van der Waals surface area contributed by atoms with Crippen LogP contribution in [0.4, 0.5) is 11.4 Å². The maximum atomic E-state index is 10.8. The number of fused-ring (bicyclic) bond motifs is 1. The molecule has 0 spiro atoms. The SMILES string of the molecule is N#Cc1cc2cc([N+](=O)[O-])c([N+](=O)[O-])cc2n(O)c1=N. The van der Waals surface area contributed by atoms with Gasteiger partial charge in [0.25, 0.3) is 0 Å². The summed E-state index contributed by atoms with van der Waals surface area (Å²) in [6.45, 7) is 0. The van der Waals surface area contributed by atoms with Gasteiger partial charge in [0.2, 0.25) is 0 Å². The van der Waals surface area contributed by atoms with Crippen LogP contribution in [-0.4, -0.2) is 19.8 Å². The Bertz CT molecular complexity index is 863. The molecule has 0 aliphatic heterocycles. The summed E-state index contributed by atoms with van der Waals surface area (Å²) in [4.78, 5) is 19.7. The van der Waals surface area contributed by atoms with Crippen LogP contribution in [0.15, 0.2) is 18.2 Å². The molecule has 0 radical (unpaired) electrons. The van der Waals surface area contributed by atoms with E-state index in [4.69, 9.17) is 10.7 Å². The van der Waals surface area contributed by atoms with Crippen molar-refractivity contribution in [1.29, 1.82) is 10.7 Å². The van der Waals surface area contributed by atoms with E-state index in [-0.39, 0.29) is 21.2 Å². The standard InChI is InChI=1S/C10H5N5O5/c11-4-6-1-5-2-8(14(17)18)9(15(19)20)3-7(5)13(16)10(6)12/h1-3,12,16H. The number of hydrogen-bond acceptors (Lipinski definition) is 7. The molecule has 0 atom stereocenters. The van der Waals surface area contributed by atoms with E-state index in [1.54, 1.807) is 6.07 Å². The molecular formula is C10H5N5O5. The lowest BCUT2D eigenvalue weighted by Crippen LogP contribution is -2.21.